The number of rotatable bonds is 4. The van der Waals surface area contributed by atoms with Gasteiger partial charge in [-0.15, -0.1) is 0 Å². The summed E-state index contributed by atoms with van der Waals surface area (Å²) >= 11 is 6.05. The third kappa shape index (κ3) is 5.27. The molecule has 2 rings (SSSR count). The van der Waals surface area contributed by atoms with E-state index in [-0.39, 0.29) is 11.8 Å². The Morgan fingerprint density at radius 1 is 1.04 bits per heavy atom. The van der Waals surface area contributed by atoms with E-state index in [0.717, 1.165) is 11.1 Å². The highest BCUT2D eigenvalue weighted by Gasteiger charge is 2.01. The van der Waals surface area contributed by atoms with E-state index >= 15 is 0 Å². The predicted molar refractivity (Wildman–Crippen MR) is 94.6 cm³/mol. The van der Waals surface area contributed by atoms with Gasteiger partial charge in [-0.05, 0) is 48.4 Å². The fourth-order valence-electron chi connectivity index (χ4n) is 1.95. The minimum atomic E-state index is -0.262. The monoisotopic (exact) mass is 328 g/mol. The van der Waals surface area contributed by atoms with E-state index in [9.17, 15) is 9.59 Å². The third-order valence-corrected chi connectivity index (χ3v) is 3.48. The molecule has 0 spiro atoms. The average Bonchev–Trinajstić information content (AvgIpc) is 2.48. The van der Waals surface area contributed by atoms with Gasteiger partial charge in [0.15, 0.2) is 0 Å². The highest BCUT2D eigenvalue weighted by Crippen LogP contribution is 2.18. The van der Waals surface area contributed by atoms with Crippen LogP contribution in [-0.2, 0) is 9.59 Å². The molecule has 4 nitrogen and oxygen atoms in total. The largest absolute Gasteiger partial charge is 0.326 e. The molecule has 0 saturated carbocycles. The molecule has 0 aliphatic rings. The molecule has 118 valence electrons. The van der Waals surface area contributed by atoms with Crippen LogP contribution in [0.4, 0.5) is 11.4 Å². The molecule has 0 saturated heterocycles. The van der Waals surface area contributed by atoms with E-state index < -0.39 is 0 Å². The number of nitrogens with one attached hydrogen (secondary N) is 2. The van der Waals surface area contributed by atoms with Gasteiger partial charge in [0.05, 0.1) is 0 Å². The van der Waals surface area contributed by atoms with Crippen LogP contribution in [0.1, 0.15) is 18.1 Å². The lowest BCUT2D eigenvalue weighted by Gasteiger charge is -2.06. The van der Waals surface area contributed by atoms with Crippen molar-refractivity contribution in [3.8, 4) is 0 Å². The van der Waals surface area contributed by atoms with Crippen molar-refractivity contribution in [1.29, 1.82) is 0 Å². The lowest BCUT2D eigenvalue weighted by atomic mass is 10.1. The Hall–Kier alpha value is -2.59. The summed E-state index contributed by atoms with van der Waals surface area (Å²) in [5.74, 6) is -0.425. The number of aryl methyl sites for hydroxylation is 1. The van der Waals surface area contributed by atoms with Crippen LogP contribution in [0.2, 0.25) is 5.02 Å². The molecule has 2 N–H and O–H groups in total. The normalized spacial score (nSPS) is 10.6. The number of anilines is 2. The number of carbonyl (C=O) groups is 2. The highest BCUT2D eigenvalue weighted by atomic mass is 35.5. The summed E-state index contributed by atoms with van der Waals surface area (Å²) in [6.45, 7) is 3.35. The molecule has 23 heavy (non-hydrogen) atoms. The van der Waals surface area contributed by atoms with E-state index in [1.54, 1.807) is 36.4 Å². The number of halogens is 1. The Kier molecular flexibility index (Phi) is 5.55. The third-order valence-electron chi connectivity index (χ3n) is 3.07. The van der Waals surface area contributed by atoms with Crippen LogP contribution in [-0.4, -0.2) is 11.8 Å². The van der Waals surface area contributed by atoms with Gasteiger partial charge in [-0.25, -0.2) is 0 Å². The summed E-state index contributed by atoms with van der Waals surface area (Å²) in [5.41, 5.74) is 3.07. The highest BCUT2D eigenvalue weighted by molar-refractivity contribution is 6.31. The van der Waals surface area contributed by atoms with Crippen LogP contribution in [0.5, 0.6) is 0 Å². The van der Waals surface area contributed by atoms with Crippen LogP contribution in [0.3, 0.4) is 0 Å². The maximum atomic E-state index is 12.0. The van der Waals surface area contributed by atoms with Crippen LogP contribution >= 0.6 is 11.6 Å². The van der Waals surface area contributed by atoms with Crippen molar-refractivity contribution >= 4 is 40.9 Å². The number of benzene rings is 2. The molecule has 0 radical (unpaired) electrons. The molecule has 0 heterocycles. The van der Waals surface area contributed by atoms with Gasteiger partial charge in [-0.2, -0.15) is 0 Å². The van der Waals surface area contributed by atoms with Gasteiger partial charge in [-0.1, -0.05) is 29.8 Å². The minimum absolute atomic E-state index is 0.162. The average molecular weight is 329 g/mol. The second kappa shape index (κ2) is 7.61. The standard InChI is InChI=1S/C18H17ClN2O2/c1-12-6-7-14(10-17(12)19)8-9-18(23)21-16-5-3-4-15(11-16)20-13(2)22/h3-11H,1-2H3,(H,20,22)(H,21,23)/b9-8+. The Morgan fingerprint density at radius 3 is 2.39 bits per heavy atom. The van der Waals surface area contributed by atoms with Gasteiger partial charge in [-0.3, -0.25) is 9.59 Å². The van der Waals surface area contributed by atoms with E-state index in [1.165, 1.54) is 13.0 Å². The minimum Gasteiger partial charge on any atom is -0.326 e. The van der Waals surface area contributed by atoms with Crippen molar-refractivity contribution in [2.75, 3.05) is 10.6 Å². The van der Waals surface area contributed by atoms with Gasteiger partial charge >= 0.3 is 0 Å². The maximum Gasteiger partial charge on any atom is 0.248 e. The number of hydrogen-bond acceptors (Lipinski definition) is 2. The summed E-state index contributed by atoms with van der Waals surface area (Å²) < 4.78 is 0. The van der Waals surface area contributed by atoms with Crippen molar-refractivity contribution in [2.24, 2.45) is 0 Å². The molecule has 0 atom stereocenters. The molecule has 0 bridgehead atoms. The molecule has 5 heteroatoms. The zero-order valence-electron chi connectivity index (χ0n) is 12.9. The first-order valence-electron chi connectivity index (χ1n) is 7.07. The zero-order valence-corrected chi connectivity index (χ0v) is 13.6. The Balaban J connectivity index is 2.02. The van der Waals surface area contributed by atoms with Crippen molar-refractivity contribution in [2.45, 2.75) is 13.8 Å². The molecule has 0 aliphatic carbocycles. The van der Waals surface area contributed by atoms with E-state index in [4.69, 9.17) is 11.6 Å². The van der Waals surface area contributed by atoms with Crippen LogP contribution < -0.4 is 10.6 Å². The predicted octanol–water partition coefficient (Wildman–Crippen LogP) is 4.26. The molecule has 2 aromatic carbocycles. The molecule has 0 fully saturated rings. The SMILES string of the molecule is CC(=O)Nc1cccc(NC(=O)/C=C/c2ccc(C)c(Cl)c2)c1. The van der Waals surface area contributed by atoms with Crippen LogP contribution in [0.15, 0.2) is 48.5 Å². The number of hydrogen-bond donors (Lipinski definition) is 2. The molecule has 0 unspecified atom stereocenters. The Bertz CT molecular complexity index is 769. The summed E-state index contributed by atoms with van der Waals surface area (Å²) in [5, 5.41) is 6.07. The molecule has 2 aromatic rings. The molecule has 0 aliphatic heterocycles. The van der Waals surface area contributed by atoms with E-state index in [0.29, 0.717) is 16.4 Å². The second-order valence-electron chi connectivity index (χ2n) is 5.09. The van der Waals surface area contributed by atoms with E-state index in [1.807, 2.05) is 19.1 Å². The van der Waals surface area contributed by atoms with Crippen molar-refractivity contribution < 1.29 is 9.59 Å². The fraction of sp³-hybridized carbons (Fsp3) is 0.111. The van der Waals surface area contributed by atoms with Gasteiger partial charge in [0.2, 0.25) is 11.8 Å². The van der Waals surface area contributed by atoms with Gasteiger partial charge in [0, 0.05) is 29.4 Å². The van der Waals surface area contributed by atoms with Gasteiger partial charge < -0.3 is 10.6 Å². The first-order valence-corrected chi connectivity index (χ1v) is 7.45. The molecular formula is C18H17ClN2O2. The van der Waals surface area contributed by atoms with Gasteiger partial charge in [0.25, 0.3) is 0 Å². The maximum absolute atomic E-state index is 12.0. The summed E-state index contributed by atoms with van der Waals surface area (Å²) in [7, 11) is 0. The van der Waals surface area contributed by atoms with Crippen molar-refractivity contribution in [3.05, 3.63) is 64.7 Å². The van der Waals surface area contributed by atoms with Gasteiger partial charge in [0.1, 0.15) is 0 Å². The molecule has 0 aromatic heterocycles. The van der Waals surface area contributed by atoms with Crippen molar-refractivity contribution in [1.82, 2.24) is 0 Å². The van der Waals surface area contributed by atoms with Crippen LogP contribution in [0.25, 0.3) is 6.08 Å². The molecule has 2 amide bonds. The zero-order chi connectivity index (χ0) is 16.8. The molecular weight excluding hydrogens is 312 g/mol. The lowest BCUT2D eigenvalue weighted by molar-refractivity contribution is -0.114. The topological polar surface area (TPSA) is 58.2 Å². The summed E-state index contributed by atoms with van der Waals surface area (Å²) in [6.07, 6.45) is 3.13. The first-order chi connectivity index (χ1) is 10.9. The quantitative estimate of drug-likeness (QED) is 0.824. The number of carbonyl (C=O) groups excluding carboxylic acids is 2. The first kappa shape index (κ1) is 16.8. The Labute approximate surface area is 140 Å². The summed E-state index contributed by atoms with van der Waals surface area (Å²) in [4.78, 5) is 23.0. The smallest absolute Gasteiger partial charge is 0.248 e. The Morgan fingerprint density at radius 2 is 1.74 bits per heavy atom. The van der Waals surface area contributed by atoms with Crippen LogP contribution in [0, 0.1) is 6.92 Å². The summed E-state index contributed by atoms with van der Waals surface area (Å²) in [6, 6.07) is 12.5. The fourth-order valence-corrected chi connectivity index (χ4v) is 2.14. The van der Waals surface area contributed by atoms with E-state index in [2.05, 4.69) is 10.6 Å². The number of amides is 2. The lowest BCUT2D eigenvalue weighted by Crippen LogP contribution is -2.09. The second-order valence-corrected chi connectivity index (χ2v) is 5.50. The van der Waals surface area contributed by atoms with Crippen molar-refractivity contribution in [3.63, 3.8) is 0 Å².